The summed E-state index contributed by atoms with van der Waals surface area (Å²) in [4.78, 5) is 10.4. The highest BCUT2D eigenvalue weighted by atomic mass is 32.2. The van der Waals surface area contributed by atoms with Crippen LogP contribution in [0.3, 0.4) is 0 Å². The van der Waals surface area contributed by atoms with Crippen molar-refractivity contribution in [2.45, 2.75) is 10.9 Å². The lowest BCUT2D eigenvalue weighted by atomic mass is 10.1. The van der Waals surface area contributed by atoms with Crippen LogP contribution in [0.5, 0.6) is 0 Å². The molecular weight excluding hydrogens is 283 g/mol. The number of carboxylic acids is 1. The maximum atomic E-state index is 13.5. The van der Waals surface area contributed by atoms with Gasteiger partial charge in [-0.15, -0.1) is 5.10 Å². The molecule has 0 aliphatic heterocycles. The lowest BCUT2D eigenvalue weighted by Gasteiger charge is -2.03. The minimum absolute atomic E-state index is 0.238. The van der Waals surface area contributed by atoms with Gasteiger partial charge in [0.15, 0.2) is 0 Å². The molecule has 1 aromatic carbocycles. The smallest absolute Gasteiger partial charge is 0.328 e. The van der Waals surface area contributed by atoms with Gasteiger partial charge in [0, 0.05) is 24.4 Å². The second-order valence-corrected chi connectivity index (χ2v) is 4.84. The van der Waals surface area contributed by atoms with Gasteiger partial charge >= 0.3 is 5.97 Å². The molecular formula is C12H11FN4O2S. The summed E-state index contributed by atoms with van der Waals surface area (Å²) in [5.74, 6) is -1.02. The van der Waals surface area contributed by atoms with Crippen LogP contribution in [-0.4, -0.2) is 31.3 Å². The van der Waals surface area contributed by atoms with Crippen LogP contribution in [-0.2, 0) is 17.6 Å². The highest BCUT2D eigenvalue weighted by Gasteiger charge is 2.06. The molecule has 0 spiro atoms. The summed E-state index contributed by atoms with van der Waals surface area (Å²) in [5.41, 5.74) is 1.09. The highest BCUT2D eigenvalue weighted by molar-refractivity contribution is 7.98. The van der Waals surface area contributed by atoms with Crippen LogP contribution in [0.25, 0.3) is 6.08 Å². The monoisotopic (exact) mass is 294 g/mol. The van der Waals surface area contributed by atoms with Crippen molar-refractivity contribution in [3.05, 3.63) is 41.2 Å². The number of aromatic nitrogens is 4. The number of benzene rings is 1. The molecule has 0 atom stereocenters. The van der Waals surface area contributed by atoms with Crippen LogP contribution in [0.15, 0.2) is 29.4 Å². The maximum absolute atomic E-state index is 13.5. The Kier molecular flexibility index (Phi) is 4.46. The molecule has 0 amide bonds. The van der Waals surface area contributed by atoms with E-state index in [4.69, 9.17) is 5.11 Å². The Bertz CT molecular complexity index is 657. The number of aliphatic carboxylic acids is 1. The van der Waals surface area contributed by atoms with Gasteiger partial charge in [-0.3, -0.25) is 0 Å². The molecule has 0 aliphatic rings. The van der Waals surface area contributed by atoms with Crippen molar-refractivity contribution < 1.29 is 14.3 Å². The number of carbonyl (C=O) groups is 1. The SMILES string of the molecule is Cn1nnnc1SCc1ccc(F)c(C=CC(=O)O)c1. The van der Waals surface area contributed by atoms with Crippen LogP contribution < -0.4 is 0 Å². The average molecular weight is 294 g/mol. The average Bonchev–Trinajstić information content (AvgIpc) is 2.81. The predicted molar refractivity (Wildman–Crippen MR) is 71.4 cm³/mol. The number of hydrogen-bond acceptors (Lipinski definition) is 5. The van der Waals surface area contributed by atoms with E-state index in [1.54, 1.807) is 23.9 Å². The lowest BCUT2D eigenvalue weighted by Crippen LogP contribution is -1.94. The van der Waals surface area contributed by atoms with Crippen LogP contribution in [0.1, 0.15) is 11.1 Å². The summed E-state index contributed by atoms with van der Waals surface area (Å²) in [6.45, 7) is 0. The first-order valence-corrected chi connectivity index (χ1v) is 6.59. The van der Waals surface area contributed by atoms with E-state index >= 15 is 0 Å². The molecule has 0 saturated carbocycles. The summed E-state index contributed by atoms with van der Waals surface area (Å²) in [7, 11) is 1.73. The normalized spacial score (nSPS) is 11.1. The summed E-state index contributed by atoms with van der Waals surface area (Å²) in [6, 6.07) is 4.56. The molecule has 0 bridgehead atoms. The number of thioether (sulfide) groups is 1. The first kappa shape index (κ1) is 14.2. The molecule has 6 nitrogen and oxygen atoms in total. The third-order valence-electron chi connectivity index (χ3n) is 2.42. The third kappa shape index (κ3) is 3.64. The number of rotatable bonds is 5. The van der Waals surface area contributed by atoms with Gasteiger partial charge in [-0.2, -0.15) is 0 Å². The summed E-state index contributed by atoms with van der Waals surface area (Å²) in [6.07, 6.45) is 2.14. The quantitative estimate of drug-likeness (QED) is 0.668. The summed E-state index contributed by atoms with van der Waals surface area (Å²) in [5, 5.41) is 20.3. The predicted octanol–water partition coefficient (Wildman–Crippen LogP) is 1.74. The molecule has 0 radical (unpaired) electrons. The second kappa shape index (κ2) is 6.29. The van der Waals surface area contributed by atoms with Crippen LogP contribution in [0.2, 0.25) is 0 Å². The van der Waals surface area contributed by atoms with Crippen molar-refractivity contribution >= 4 is 23.8 Å². The molecule has 0 unspecified atom stereocenters. The van der Waals surface area contributed by atoms with E-state index in [-0.39, 0.29) is 5.56 Å². The van der Waals surface area contributed by atoms with Crippen molar-refractivity contribution in [2.24, 2.45) is 7.05 Å². The molecule has 1 heterocycles. The highest BCUT2D eigenvalue weighted by Crippen LogP contribution is 2.21. The number of nitrogens with zero attached hydrogens (tertiary/aromatic N) is 4. The lowest BCUT2D eigenvalue weighted by molar-refractivity contribution is -0.131. The standard InChI is InChI=1S/C12H11FN4O2S/c1-17-12(14-15-16-17)20-7-8-2-4-10(13)9(6-8)3-5-11(18)19/h2-6H,7H2,1H3,(H,18,19). The molecule has 2 rings (SSSR count). The molecule has 0 saturated heterocycles. The zero-order chi connectivity index (χ0) is 14.5. The Balaban J connectivity index is 2.11. The van der Waals surface area contributed by atoms with Gasteiger partial charge in [-0.25, -0.2) is 13.9 Å². The fraction of sp³-hybridized carbons (Fsp3) is 0.167. The minimum Gasteiger partial charge on any atom is -0.478 e. The van der Waals surface area contributed by atoms with Crippen molar-refractivity contribution in [1.29, 1.82) is 0 Å². The molecule has 20 heavy (non-hydrogen) atoms. The van der Waals surface area contributed by atoms with Gasteiger partial charge in [0.2, 0.25) is 5.16 Å². The summed E-state index contributed by atoms with van der Waals surface area (Å²) >= 11 is 1.41. The van der Waals surface area contributed by atoms with E-state index < -0.39 is 11.8 Å². The first-order chi connectivity index (χ1) is 9.56. The van der Waals surface area contributed by atoms with E-state index in [0.29, 0.717) is 10.9 Å². The summed E-state index contributed by atoms with van der Waals surface area (Å²) < 4.78 is 15.1. The maximum Gasteiger partial charge on any atom is 0.328 e. The van der Waals surface area contributed by atoms with Gasteiger partial charge in [0.25, 0.3) is 0 Å². The van der Waals surface area contributed by atoms with Crippen LogP contribution in [0.4, 0.5) is 4.39 Å². The molecule has 1 N–H and O–H groups in total. The Labute approximate surface area is 118 Å². The fourth-order valence-corrected chi connectivity index (χ4v) is 2.26. The van der Waals surface area contributed by atoms with Crippen molar-refractivity contribution in [3.63, 3.8) is 0 Å². The van der Waals surface area contributed by atoms with E-state index in [1.807, 2.05) is 0 Å². The van der Waals surface area contributed by atoms with Gasteiger partial charge in [0.1, 0.15) is 5.82 Å². The van der Waals surface area contributed by atoms with Gasteiger partial charge in [-0.05, 0) is 34.2 Å². The molecule has 2 aromatic rings. The number of aryl methyl sites for hydroxylation is 1. The number of hydrogen-bond donors (Lipinski definition) is 1. The van der Waals surface area contributed by atoms with Crippen molar-refractivity contribution in [2.75, 3.05) is 0 Å². The van der Waals surface area contributed by atoms with Gasteiger partial charge in [-0.1, -0.05) is 17.8 Å². The van der Waals surface area contributed by atoms with Crippen molar-refractivity contribution in [1.82, 2.24) is 20.2 Å². The van der Waals surface area contributed by atoms with Crippen LogP contribution >= 0.6 is 11.8 Å². The minimum atomic E-state index is -1.12. The topological polar surface area (TPSA) is 80.9 Å². The first-order valence-electron chi connectivity index (χ1n) is 5.61. The van der Waals surface area contributed by atoms with E-state index in [9.17, 15) is 9.18 Å². The molecule has 0 fully saturated rings. The van der Waals surface area contributed by atoms with Gasteiger partial charge in [0.05, 0.1) is 0 Å². The fourth-order valence-electron chi connectivity index (χ4n) is 1.46. The van der Waals surface area contributed by atoms with E-state index in [0.717, 1.165) is 11.6 Å². The number of carboxylic acid groups (broad SMARTS) is 1. The van der Waals surface area contributed by atoms with Gasteiger partial charge < -0.3 is 5.11 Å². The number of tetrazole rings is 1. The second-order valence-electron chi connectivity index (χ2n) is 3.90. The largest absolute Gasteiger partial charge is 0.478 e. The molecule has 0 aliphatic carbocycles. The van der Waals surface area contributed by atoms with E-state index in [1.165, 1.54) is 23.9 Å². The van der Waals surface area contributed by atoms with Crippen LogP contribution in [0, 0.1) is 5.82 Å². The Hall–Kier alpha value is -2.22. The molecule has 8 heteroatoms. The zero-order valence-corrected chi connectivity index (χ0v) is 11.3. The Morgan fingerprint density at radius 1 is 1.55 bits per heavy atom. The Morgan fingerprint density at radius 2 is 2.35 bits per heavy atom. The number of halogens is 1. The molecule has 1 aromatic heterocycles. The molecule has 104 valence electrons. The third-order valence-corrected chi connectivity index (χ3v) is 3.50. The van der Waals surface area contributed by atoms with Crippen molar-refractivity contribution in [3.8, 4) is 0 Å². The Morgan fingerprint density at radius 3 is 3.00 bits per heavy atom. The zero-order valence-electron chi connectivity index (χ0n) is 10.5. The van der Waals surface area contributed by atoms with E-state index in [2.05, 4.69) is 15.5 Å².